The molecule has 3 aromatic rings. The van der Waals surface area contributed by atoms with E-state index in [0.29, 0.717) is 13.0 Å². The summed E-state index contributed by atoms with van der Waals surface area (Å²) >= 11 is 6.94. The maximum Gasteiger partial charge on any atom is 0.224 e. The lowest BCUT2D eigenvalue weighted by Gasteiger charge is -2.06. The van der Waals surface area contributed by atoms with E-state index in [-0.39, 0.29) is 5.91 Å². The SMILES string of the molecule is O=C(Cc1ccccc1Br)NCCc1c[nH]c2cc(Br)ccc12. The molecule has 0 fully saturated rings. The molecule has 0 spiro atoms. The van der Waals surface area contributed by atoms with Crippen molar-refractivity contribution in [3.05, 3.63) is 68.7 Å². The summed E-state index contributed by atoms with van der Waals surface area (Å²) in [6.07, 6.45) is 3.21. The Labute approximate surface area is 151 Å². The van der Waals surface area contributed by atoms with Crippen molar-refractivity contribution in [2.45, 2.75) is 12.8 Å². The van der Waals surface area contributed by atoms with E-state index < -0.39 is 0 Å². The lowest BCUT2D eigenvalue weighted by Crippen LogP contribution is -2.27. The maximum absolute atomic E-state index is 12.1. The van der Waals surface area contributed by atoms with Crippen LogP contribution in [-0.4, -0.2) is 17.4 Å². The molecule has 1 amide bonds. The number of fused-ring (bicyclic) bond motifs is 1. The molecule has 118 valence electrons. The maximum atomic E-state index is 12.1. The van der Waals surface area contributed by atoms with Crippen LogP contribution in [0.2, 0.25) is 0 Å². The Balaban J connectivity index is 1.56. The fraction of sp³-hybridized carbons (Fsp3) is 0.167. The van der Waals surface area contributed by atoms with Gasteiger partial charge in [0.15, 0.2) is 0 Å². The van der Waals surface area contributed by atoms with Crippen molar-refractivity contribution in [3.63, 3.8) is 0 Å². The average Bonchev–Trinajstić information content (AvgIpc) is 2.92. The zero-order chi connectivity index (χ0) is 16.2. The molecule has 3 rings (SSSR count). The van der Waals surface area contributed by atoms with Crippen molar-refractivity contribution < 1.29 is 4.79 Å². The van der Waals surface area contributed by atoms with Gasteiger partial charge in [0.1, 0.15) is 0 Å². The van der Waals surface area contributed by atoms with Crippen LogP contribution in [0.25, 0.3) is 10.9 Å². The molecule has 0 atom stereocenters. The molecule has 0 bridgehead atoms. The van der Waals surface area contributed by atoms with Gasteiger partial charge >= 0.3 is 0 Å². The number of rotatable bonds is 5. The standard InChI is InChI=1S/C18H16Br2N2O/c19-14-5-6-15-13(11-22-17(15)10-14)7-8-21-18(23)9-12-3-1-2-4-16(12)20/h1-6,10-11,22H,7-9H2,(H,21,23). The zero-order valence-electron chi connectivity index (χ0n) is 12.4. The first-order valence-corrected chi connectivity index (χ1v) is 8.98. The van der Waals surface area contributed by atoms with Gasteiger partial charge in [-0.2, -0.15) is 0 Å². The number of carbonyl (C=O) groups excluding carboxylic acids is 1. The second-order valence-corrected chi connectivity index (χ2v) is 7.14. The van der Waals surface area contributed by atoms with Crippen LogP contribution in [0.1, 0.15) is 11.1 Å². The lowest BCUT2D eigenvalue weighted by molar-refractivity contribution is -0.120. The third kappa shape index (κ3) is 4.03. The summed E-state index contributed by atoms with van der Waals surface area (Å²) in [4.78, 5) is 15.3. The van der Waals surface area contributed by atoms with Crippen molar-refractivity contribution in [2.75, 3.05) is 6.54 Å². The van der Waals surface area contributed by atoms with Crippen LogP contribution in [0, 0.1) is 0 Å². The topological polar surface area (TPSA) is 44.9 Å². The number of carbonyl (C=O) groups is 1. The van der Waals surface area contributed by atoms with Crippen molar-refractivity contribution in [1.29, 1.82) is 0 Å². The Morgan fingerprint density at radius 2 is 1.91 bits per heavy atom. The molecule has 23 heavy (non-hydrogen) atoms. The molecular formula is C18H16Br2N2O. The summed E-state index contributed by atoms with van der Waals surface area (Å²) in [5, 5.41) is 4.19. The van der Waals surface area contributed by atoms with Crippen LogP contribution in [0.15, 0.2) is 57.6 Å². The number of H-pyrrole nitrogens is 1. The van der Waals surface area contributed by atoms with E-state index in [0.717, 1.165) is 26.4 Å². The number of aromatic nitrogens is 1. The molecule has 0 unspecified atom stereocenters. The second kappa shape index (κ2) is 7.32. The monoisotopic (exact) mass is 434 g/mol. The Bertz CT molecular complexity index is 842. The Kier molecular flexibility index (Phi) is 5.18. The molecule has 0 radical (unpaired) electrons. The molecule has 2 aromatic carbocycles. The predicted molar refractivity (Wildman–Crippen MR) is 101 cm³/mol. The number of hydrogen-bond acceptors (Lipinski definition) is 1. The molecule has 5 heteroatoms. The van der Waals surface area contributed by atoms with Crippen molar-refractivity contribution in [3.8, 4) is 0 Å². The highest BCUT2D eigenvalue weighted by Gasteiger charge is 2.07. The van der Waals surface area contributed by atoms with E-state index in [1.165, 1.54) is 10.9 Å². The van der Waals surface area contributed by atoms with E-state index in [1.54, 1.807) is 0 Å². The number of amides is 1. The molecule has 1 heterocycles. The molecular weight excluding hydrogens is 420 g/mol. The number of halogens is 2. The van der Waals surface area contributed by atoms with Crippen molar-refractivity contribution in [2.24, 2.45) is 0 Å². The number of aromatic amines is 1. The molecule has 3 nitrogen and oxygen atoms in total. The summed E-state index contributed by atoms with van der Waals surface area (Å²) in [6, 6.07) is 14.0. The van der Waals surface area contributed by atoms with Gasteiger partial charge in [-0.05, 0) is 35.7 Å². The fourth-order valence-electron chi connectivity index (χ4n) is 2.58. The third-order valence-electron chi connectivity index (χ3n) is 3.75. The zero-order valence-corrected chi connectivity index (χ0v) is 15.6. The Hall–Kier alpha value is -1.59. The molecule has 0 aliphatic rings. The highest BCUT2D eigenvalue weighted by molar-refractivity contribution is 9.10. The highest BCUT2D eigenvalue weighted by Crippen LogP contribution is 2.22. The van der Waals surface area contributed by atoms with E-state index in [1.807, 2.05) is 36.5 Å². The van der Waals surface area contributed by atoms with Crippen LogP contribution in [0.5, 0.6) is 0 Å². The number of benzene rings is 2. The van der Waals surface area contributed by atoms with Crippen molar-refractivity contribution in [1.82, 2.24) is 10.3 Å². The van der Waals surface area contributed by atoms with Gasteiger partial charge in [0, 0.05) is 32.6 Å². The first kappa shape index (κ1) is 16.3. The molecule has 1 aromatic heterocycles. The van der Waals surface area contributed by atoms with Crippen LogP contribution in [-0.2, 0) is 17.6 Å². The minimum absolute atomic E-state index is 0.0412. The second-order valence-electron chi connectivity index (χ2n) is 5.37. The highest BCUT2D eigenvalue weighted by atomic mass is 79.9. The fourth-order valence-corrected chi connectivity index (χ4v) is 3.37. The van der Waals surface area contributed by atoms with Crippen LogP contribution in [0.3, 0.4) is 0 Å². The quantitative estimate of drug-likeness (QED) is 0.604. The van der Waals surface area contributed by atoms with E-state index >= 15 is 0 Å². The van der Waals surface area contributed by atoms with Gasteiger partial charge in [-0.25, -0.2) is 0 Å². The van der Waals surface area contributed by atoms with E-state index in [9.17, 15) is 4.79 Å². The van der Waals surface area contributed by atoms with Gasteiger partial charge in [-0.3, -0.25) is 4.79 Å². The smallest absolute Gasteiger partial charge is 0.224 e. The van der Waals surface area contributed by atoms with Crippen LogP contribution < -0.4 is 5.32 Å². The van der Waals surface area contributed by atoms with E-state index in [2.05, 4.69) is 54.3 Å². The van der Waals surface area contributed by atoms with E-state index in [4.69, 9.17) is 0 Å². The third-order valence-corrected chi connectivity index (χ3v) is 5.02. The molecule has 0 aliphatic heterocycles. The van der Waals surface area contributed by atoms with Crippen LogP contribution in [0.4, 0.5) is 0 Å². The summed E-state index contributed by atoms with van der Waals surface area (Å²) in [5.74, 6) is 0.0412. The molecule has 0 aliphatic carbocycles. The normalized spacial score (nSPS) is 10.9. The minimum Gasteiger partial charge on any atom is -0.361 e. The summed E-state index contributed by atoms with van der Waals surface area (Å²) in [7, 11) is 0. The van der Waals surface area contributed by atoms with Gasteiger partial charge in [-0.15, -0.1) is 0 Å². The largest absolute Gasteiger partial charge is 0.361 e. The lowest BCUT2D eigenvalue weighted by atomic mass is 10.1. The molecule has 2 N–H and O–H groups in total. The minimum atomic E-state index is 0.0412. The summed E-state index contributed by atoms with van der Waals surface area (Å²) < 4.78 is 2.03. The van der Waals surface area contributed by atoms with Gasteiger partial charge in [0.2, 0.25) is 5.91 Å². The van der Waals surface area contributed by atoms with Gasteiger partial charge < -0.3 is 10.3 Å². The number of nitrogens with one attached hydrogen (secondary N) is 2. The molecule has 0 saturated heterocycles. The van der Waals surface area contributed by atoms with Gasteiger partial charge in [0.25, 0.3) is 0 Å². The number of hydrogen-bond donors (Lipinski definition) is 2. The van der Waals surface area contributed by atoms with Gasteiger partial charge in [0.05, 0.1) is 6.42 Å². The summed E-state index contributed by atoms with van der Waals surface area (Å²) in [5.41, 5.74) is 3.32. The van der Waals surface area contributed by atoms with Crippen LogP contribution >= 0.6 is 31.9 Å². The Morgan fingerprint density at radius 3 is 2.74 bits per heavy atom. The predicted octanol–water partition coefficient (Wildman–Crippen LogP) is 4.59. The van der Waals surface area contributed by atoms with Crippen molar-refractivity contribution >= 4 is 48.7 Å². The summed E-state index contributed by atoms with van der Waals surface area (Å²) in [6.45, 7) is 0.631. The Morgan fingerprint density at radius 1 is 1.09 bits per heavy atom. The molecule has 0 saturated carbocycles. The average molecular weight is 436 g/mol. The van der Waals surface area contributed by atoms with Gasteiger partial charge in [-0.1, -0.05) is 56.1 Å². The first-order chi connectivity index (χ1) is 11.1. The first-order valence-electron chi connectivity index (χ1n) is 7.39.